The monoisotopic (exact) mass is 612 g/mol. The molecule has 1 N–H and O–H groups in total. The molecule has 8 nitrogen and oxygen atoms in total. The van der Waals surface area contributed by atoms with Gasteiger partial charge in [0.25, 0.3) is 0 Å². The van der Waals surface area contributed by atoms with Crippen LogP contribution in [0.5, 0.6) is 5.75 Å². The summed E-state index contributed by atoms with van der Waals surface area (Å²) in [5, 5.41) is 10.3. The molecule has 0 aromatic heterocycles. The Kier molecular flexibility index (Phi) is 13.7. The summed E-state index contributed by atoms with van der Waals surface area (Å²) in [6, 6.07) is 15.0. The van der Waals surface area contributed by atoms with E-state index in [1.807, 2.05) is 0 Å². The van der Waals surface area contributed by atoms with Crippen molar-refractivity contribution in [3.05, 3.63) is 70.8 Å². The largest absolute Gasteiger partial charge is 0.483 e. The molecule has 0 unspecified atom stereocenters. The lowest BCUT2D eigenvalue weighted by Gasteiger charge is -2.39. The Balaban J connectivity index is 1.49. The quantitative estimate of drug-likeness (QED) is 0.203. The molecule has 4 atom stereocenters. The van der Waals surface area contributed by atoms with Gasteiger partial charge in [-0.3, -0.25) is 0 Å². The van der Waals surface area contributed by atoms with Gasteiger partial charge in [0.05, 0.1) is 51.8 Å². The van der Waals surface area contributed by atoms with Gasteiger partial charge in [-0.15, -0.1) is 0 Å². The molecule has 1 fully saturated rings. The number of hydrogen-bond donors (Lipinski definition) is 1. The first-order valence-corrected chi connectivity index (χ1v) is 15.9. The minimum absolute atomic E-state index is 0.0277. The van der Waals surface area contributed by atoms with E-state index in [9.17, 15) is 5.11 Å². The van der Waals surface area contributed by atoms with Gasteiger partial charge >= 0.3 is 0 Å². The van der Waals surface area contributed by atoms with Crippen molar-refractivity contribution in [2.75, 3.05) is 54.4 Å². The van der Waals surface area contributed by atoms with Gasteiger partial charge in [-0.25, -0.2) is 0 Å². The van der Waals surface area contributed by atoms with Crippen molar-refractivity contribution in [2.45, 2.75) is 89.0 Å². The number of hydrogen-bond acceptors (Lipinski definition) is 8. The van der Waals surface area contributed by atoms with Crippen molar-refractivity contribution < 1.29 is 38.3 Å². The molecule has 4 rings (SSSR count). The van der Waals surface area contributed by atoms with Crippen LogP contribution in [-0.2, 0) is 41.6 Å². The SMILES string of the molecule is COCCCC1=CC(C)(C)Oc2ccc(CO[C@H]3CCC[C@@H](OC[C@H](O)COC)[C@@H]3c3ccc(COCCOC)cc3)cc21. The van der Waals surface area contributed by atoms with Gasteiger partial charge in [0.15, 0.2) is 0 Å². The van der Waals surface area contributed by atoms with Crippen LogP contribution in [0, 0.1) is 0 Å². The number of fused-ring (bicyclic) bond motifs is 1. The molecule has 0 bridgehead atoms. The fourth-order valence-corrected chi connectivity index (χ4v) is 6.20. The lowest BCUT2D eigenvalue weighted by Crippen LogP contribution is -2.39. The highest BCUT2D eigenvalue weighted by molar-refractivity contribution is 5.74. The van der Waals surface area contributed by atoms with Gasteiger partial charge in [0.2, 0.25) is 0 Å². The molecule has 1 heterocycles. The van der Waals surface area contributed by atoms with Crippen LogP contribution in [0.4, 0.5) is 0 Å². The van der Waals surface area contributed by atoms with E-state index < -0.39 is 6.10 Å². The molecule has 0 radical (unpaired) electrons. The number of allylic oxidation sites excluding steroid dienone is 1. The predicted octanol–water partition coefficient (Wildman–Crippen LogP) is 6.08. The van der Waals surface area contributed by atoms with Crippen LogP contribution >= 0.6 is 0 Å². The molecule has 2 aliphatic rings. The second kappa shape index (κ2) is 17.4. The van der Waals surface area contributed by atoms with Gasteiger partial charge in [0, 0.05) is 39.4 Å². The van der Waals surface area contributed by atoms with Crippen molar-refractivity contribution >= 4 is 5.57 Å². The third-order valence-electron chi connectivity index (χ3n) is 8.25. The predicted molar refractivity (Wildman–Crippen MR) is 171 cm³/mol. The molecular weight excluding hydrogens is 560 g/mol. The number of ether oxygens (including phenoxy) is 7. The highest BCUT2D eigenvalue weighted by Gasteiger charge is 2.36. The van der Waals surface area contributed by atoms with E-state index in [2.05, 4.69) is 62.4 Å². The van der Waals surface area contributed by atoms with Crippen molar-refractivity contribution in [1.29, 1.82) is 0 Å². The maximum absolute atomic E-state index is 10.3. The fourth-order valence-electron chi connectivity index (χ4n) is 6.20. The van der Waals surface area contributed by atoms with Gasteiger partial charge in [-0.2, -0.15) is 0 Å². The molecule has 1 aliphatic carbocycles. The van der Waals surface area contributed by atoms with E-state index in [-0.39, 0.29) is 36.9 Å². The average Bonchev–Trinajstić information content (AvgIpc) is 3.01. The molecule has 2 aromatic carbocycles. The van der Waals surface area contributed by atoms with Crippen molar-refractivity contribution in [3.63, 3.8) is 0 Å². The van der Waals surface area contributed by atoms with Crippen LogP contribution in [0.15, 0.2) is 48.5 Å². The Morgan fingerprint density at radius 1 is 0.841 bits per heavy atom. The molecule has 1 saturated carbocycles. The van der Waals surface area contributed by atoms with Crippen LogP contribution in [0.3, 0.4) is 0 Å². The highest BCUT2D eigenvalue weighted by atomic mass is 16.5. The number of methoxy groups -OCH3 is 3. The molecule has 0 saturated heterocycles. The first-order valence-electron chi connectivity index (χ1n) is 15.9. The number of aliphatic hydroxyl groups excluding tert-OH is 1. The third kappa shape index (κ3) is 10.1. The number of benzene rings is 2. The second-order valence-electron chi connectivity index (χ2n) is 12.4. The highest BCUT2D eigenvalue weighted by Crippen LogP contribution is 2.40. The average molecular weight is 613 g/mol. The smallest absolute Gasteiger partial charge is 0.128 e. The first kappa shape index (κ1) is 34.6. The molecule has 0 amide bonds. The minimum atomic E-state index is -0.664. The van der Waals surface area contributed by atoms with Crippen LogP contribution in [0.1, 0.15) is 74.1 Å². The van der Waals surface area contributed by atoms with E-state index in [0.717, 1.165) is 61.2 Å². The summed E-state index contributed by atoms with van der Waals surface area (Å²) in [6.45, 7) is 7.57. The molecule has 1 aliphatic heterocycles. The summed E-state index contributed by atoms with van der Waals surface area (Å²) in [5.41, 5.74) is 5.48. The zero-order valence-corrected chi connectivity index (χ0v) is 27.2. The van der Waals surface area contributed by atoms with E-state index in [0.29, 0.717) is 26.4 Å². The summed E-state index contributed by atoms with van der Waals surface area (Å²) in [6.07, 6.45) is 6.22. The molecule has 8 heteroatoms. The minimum Gasteiger partial charge on any atom is -0.483 e. The maximum Gasteiger partial charge on any atom is 0.128 e. The van der Waals surface area contributed by atoms with Crippen LogP contribution in [0.2, 0.25) is 0 Å². The number of aliphatic hydroxyl groups is 1. The zero-order chi connectivity index (χ0) is 31.4. The first-order chi connectivity index (χ1) is 21.3. The van der Waals surface area contributed by atoms with Crippen LogP contribution in [0.25, 0.3) is 5.57 Å². The Hall–Kier alpha value is -2.30. The molecule has 244 valence electrons. The zero-order valence-electron chi connectivity index (χ0n) is 27.2. The van der Waals surface area contributed by atoms with E-state index in [1.54, 1.807) is 21.3 Å². The number of rotatable bonds is 18. The van der Waals surface area contributed by atoms with Crippen LogP contribution < -0.4 is 4.74 Å². The fraction of sp³-hybridized carbons (Fsp3) is 0.611. The topological polar surface area (TPSA) is 84.8 Å². The lowest BCUT2D eigenvalue weighted by atomic mass is 9.79. The molecular formula is C36H52O8. The second-order valence-corrected chi connectivity index (χ2v) is 12.4. The summed E-state index contributed by atoms with van der Waals surface area (Å²) in [5.74, 6) is 0.951. The Morgan fingerprint density at radius 2 is 1.57 bits per heavy atom. The summed E-state index contributed by atoms with van der Waals surface area (Å²) < 4.78 is 40.6. The van der Waals surface area contributed by atoms with Gasteiger partial charge in [-0.05, 0) is 86.4 Å². The van der Waals surface area contributed by atoms with Crippen LogP contribution in [-0.4, -0.2) is 83.4 Å². The lowest BCUT2D eigenvalue weighted by molar-refractivity contribution is -0.0928. The van der Waals surface area contributed by atoms with E-state index >= 15 is 0 Å². The van der Waals surface area contributed by atoms with Crippen molar-refractivity contribution in [3.8, 4) is 5.75 Å². The molecule has 44 heavy (non-hydrogen) atoms. The maximum atomic E-state index is 10.3. The Morgan fingerprint density at radius 3 is 2.30 bits per heavy atom. The van der Waals surface area contributed by atoms with E-state index in [4.69, 9.17) is 33.2 Å². The Bertz CT molecular complexity index is 1160. The summed E-state index contributed by atoms with van der Waals surface area (Å²) in [7, 11) is 5.00. The third-order valence-corrected chi connectivity index (χ3v) is 8.25. The molecule has 0 spiro atoms. The normalized spacial score (nSPS) is 21.8. The summed E-state index contributed by atoms with van der Waals surface area (Å²) in [4.78, 5) is 0. The molecule has 2 aromatic rings. The van der Waals surface area contributed by atoms with Crippen molar-refractivity contribution in [1.82, 2.24) is 0 Å². The van der Waals surface area contributed by atoms with Gasteiger partial charge in [0.1, 0.15) is 17.5 Å². The van der Waals surface area contributed by atoms with Crippen molar-refractivity contribution in [2.24, 2.45) is 0 Å². The Labute approximate surface area is 263 Å². The van der Waals surface area contributed by atoms with E-state index in [1.165, 1.54) is 11.1 Å². The standard InChI is InChI=1S/C36H52O8/c1-36(2)21-29(8-7-17-38-3)31-20-27(13-16-32(31)44-36)23-42-33-9-6-10-34(43-25-30(37)24-40-5)35(33)28-14-11-26(12-15-28)22-41-19-18-39-4/h11-16,20-21,30,33-35,37H,6-10,17-19,22-25H2,1-5H3/t30-,33+,34-,35-/m1/s1. The summed E-state index contributed by atoms with van der Waals surface area (Å²) >= 11 is 0. The van der Waals surface area contributed by atoms with Gasteiger partial charge < -0.3 is 38.3 Å². The van der Waals surface area contributed by atoms with Gasteiger partial charge in [-0.1, -0.05) is 30.3 Å².